The Morgan fingerprint density at radius 3 is 2.32 bits per heavy atom. The molecule has 31 heavy (non-hydrogen) atoms. The number of anilines is 1. The van der Waals surface area contributed by atoms with Crippen molar-refractivity contribution in [2.24, 2.45) is 0 Å². The minimum Gasteiger partial charge on any atom is -0.465 e. The number of hydrogen-bond acceptors (Lipinski definition) is 4. The number of pyridine rings is 1. The average Bonchev–Trinajstić information content (AvgIpc) is 2.80. The third-order valence-electron chi connectivity index (χ3n) is 5.33. The first-order valence-corrected chi connectivity index (χ1v) is 9.93. The van der Waals surface area contributed by atoms with Gasteiger partial charge in [0.15, 0.2) is 0 Å². The molecule has 3 aromatic carbocycles. The number of carbonyl (C=O) groups excluding carboxylic acids is 2. The Hall–Kier alpha value is -3.99. The topological polar surface area (TPSA) is 68.3 Å². The second-order valence-corrected chi connectivity index (χ2v) is 7.39. The summed E-state index contributed by atoms with van der Waals surface area (Å²) in [7, 11) is 1.33. The van der Waals surface area contributed by atoms with E-state index >= 15 is 0 Å². The third-order valence-corrected chi connectivity index (χ3v) is 5.33. The standard InChI is InChI=1S/C26H22N2O3/c1-16-8-9-19(14-17(16)2)24-15-22(21-6-4-5-7-23(21)28-24)25(29)27-20-12-10-18(11-13-20)26(30)31-3/h4-15H,1-3H3,(H,27,29). The number of aryl methyl sites for hydroxylation is 2. The minimum absolute atomic E-state index is 0.241. The number of fused-ring (bicyclic) bond motifs is 1. The number of methoxy groups -OCH3 is 1. The van der Waals surface area contributed by atoms with Crippen molar-refractivity contribution in [2.45, 2.75) is 13.8 Å². The molecule has 0 aliphatic carbocycles. The van der Waals surface area contributed by atoms with Gasteiger partial charge in [-0.05, 0) is 67.4 Å². The van der Waals surface area contributed by atoms with Gasteiger partial charge in [-0.25, -0.2) is 9.78 Å². The Kier molecular flexibility index (Phi) is 5.50. The molecular formula is C26H22N2O3. The van der Waals surface area contributed by atoms with Crippen LogP contribution in [0.5, 0.6) is 0 Å². The number of ether oxygens (including phenoxy) is 1. The van der Waals surface area contributed by atoms with Gasteiger partial charge in [-0.2, -0.15) is 0 Å². The summed E-state index contributed by atoms with van der Waals surface area (Å²) in [6.45, 7) is 4.13. The monoisotopic (exact) mass is 410 g/mol. The van der Waals surface area contributed by atoms with Gasteiger partial charge in [0.1, 0.15) is 0 Å². The van der Waals surface area contributed by atoms with Crippen LogP contribution < -0.4 is 5.32 Å². The highest BCUT2D eigenvalue weighted by Crippen LogP contribution is 2.27. The lowest BCUT2D eigenvalue weighted by Crippen LogP contribution is -2.13. The fourth-order valence-electron chi connectivity index (χ4n) is 3.42. The normalized spacial score (nSPS) is 10.7. The zero-order chi connectivity index (χ0) is 22.0. The lowest BCUT2D eigenvalue weighted by atomic mass is 10.0. The maximum Gasteiger partial charge on any atom is 0.337 e. The lowest BCUT2D eigenvalue weighted by molar-refractivity contribution is 0.0600. The van der Waals surface area contributed by atoms with E-state index in [1.165, 1.54) is 18.2 Å². The molecule has 1 heterocycles. The van der Waals surface area contributed by atoms with Crippen LogP contribution in [0.2, 0.25) is 0 Å². The van der Waals surface area contributed by atoms with Crippen molar-refractivity contribution < 1.29 is 14.3 Å². The van der Waals surface area contributed by atoms with E-state index in [1.807, 2.05) is 36.4 Å². The molecule has 4 aromatic rings. The highest BCUT2D eigenvalue weighted by atomic mass is 16.5. The van der Waals surface area contributed by atoms with Crippen LogP contribution in [0.3, 0.4) is 0 Å². The smallest absolute Gasteiger partial charge is 0.337 e. The summed E-state index contributed by atoms with van der Waals surface area (Å²) in [5, 5.41) is 3.69. The van der Waals surface area contributed by atoms with E-state index in [0.29, 0.717) is 16.8 Å². The first-order valence-electron chi connectivity index (χ1n) is 9.93. The number of esters is 1. The molecule has 0 unspecified atom stereocenters. The fraction of sp³-hybridized carbons (Fsp3) is 0.115. The Morgan fingerprint density at radius 1 is 0.871 bits per heavy atom. The highest BCUT2D eigenvalue weighted by Gasteiger charge is 2.15. The maximum absolute atomic E-state index is 13.2. The molecule has 1 aromatic heterocycles. The van der Waals surface area contributed by atoms with Crippen LogP contribution in [0.4, 0.5) is 5.69 Å². The van der Waals surface area contributed by atoms with Gasteiger partial charge in [0, 0.05) is 16.6 Å². The van der Waals surface area contributed by atoms with Gasteiger partial charge in [0.25, 0.3) is 5.91 Å². The Morgan fingerprint density at radius 2 is 1.61 bits per heavy atom. The van der Waals surface area contributed by atoms with Gasteiger partial charge in [0.05, 0.1) is 29.4 Å². The van der Waals surface area contributed by atoms with Crippen LogP contribution in [0.15, 0.2) is 72.8 Å². The van der Waals surface area contributed by atoms with Gasteiger partial charge in [-0.15, -0.1) is 0 Å². The molecule has 0 radical (unpaired) electrons. The second kappa shape index (κ2) is 8.40. The van der Waals surface area contributed by atoms with Crippen molar-refractivity contribution in [3.05, 3.63) is 95.1 Å². The van der Waals surface area contributed by atoms with Crippen molar-refractivity contribution in [2.75, 3.05) is 12.4 Å². The van der Waals surface area contributed by atoms with Gasteiger partial charge in [-0.3, -0.25) is 4.79 Å². The number of rotatable bonds is 4. The molecule has 0 aliphatic rings. The molecule has 0 fully saturated rings. The van der Waals surface area contributed by atoms with E-state index in [2.05, 4.69) is 31.3 Å². The molecule has 5 nitrogen and oxygen atoms in total. The molecule has 0 atom stereocenters. The number of para-hydroxylation sites is 1. The summed E-state index contributed by atoms with van der Waals surface area (Å²) in [6, 6.07) is 22.2. The summed E-state index contributed by atoms with van der Waals surface area (Å²) in [4.78, 5) is 29.6. The lowest BCUT2D eigenvalue weighted by Gasteiger charge is -2.12. The predicted octanol–water partition coefficient (Wildman–Crippen LogP) is 5.56. The van der Waals surface area contributed by atoms with E-state index < -0.39 is 5.97 Å². The van der Waals surface area contributed by atoms with Gasteiger partial charge < -0.3 is 10.1 Å². The van der Waals surface area contributed by atoms with Crippen LogP contribution in [-0.4, -0.2) is 24.0 Å². The van der Waals surface area contributed by atoms with Crippen molar-refractivity contribution in [1.82, 2.24) is 4.98 Å². The number of nitrogens with one attached hydrogen (secondary N) is 1. The number of nitrogens with zero attached hydrogens (tertiary/aromatic N) is 1. The van der Waals surface area contributed by atoms with E-state index in [-0.39, 0.29) is 5.91 Å². The van der Waals surface area contributed by atoms with Crippen molar-refractivity contribution in [1.29, 1.82) is 0 Å². The molecule has 0 saturated carbocycles. The third kappa shape index (κ3) is 4.16. The van der Waals surface area contributed by atoms with Gasteiger partial charge >= 0.3 is 5.97 Å². The summed E-state index contributed by atoms with van der Waals surface area (Å²) in [6.07, 6.45) is 0. The van der Waals surface area contributed by atoms with Gasteiger partial charge in [-0.1, -0.05) is 30.3 Å². The maximum atomic E-state index is 13.2. The summed E-state index contributed by atoms with van der Waals surface area (Å²) in [5.74, 6) is -0.662. The van der Waals surface area contributed by atoms with Crippen LogP contribution in [0, 0.1) is 13.8 Å². The first kappa shape index (κ1) is 20.3. The van der Waals surface area contributed by atoms with E-state index in [0.717, 1.165) is 22.2 Å². The molecule has 5 heteroatoms. The van der Waals surface area contributed by atoms with Crippen molar-refractivity contribution in [3.63, 3.8) is 0 Å². The zero-order valence-electron chi connectivity index (χ0n) is 17.6. The van der Waals surface area contributed by atoms with E-state index in [1.54, 1.807) is 24.3 Å². The summed E-state index contributed by atoms with van der Waals surface area (Å²) < 4.78 is 4.71. The Labute approximate surface area is 180 Å². The number of amides is 1. The average molecular weight is 410 g/mol. The van der Waals surface area contributed by atoms with Gasteiger partial charge in [0.2, 0.25) is 0 Å². The second-order valence-electron chi connectivity index (χ2n) is 7.39. The molecular weight excluding hydrogens is 388 g/mol. The predicted molar refractivity (Wildman–Crippen MR) is 122 cm³/mol. The number of carbonyl (C=O) groups is 2. The fourth-order valence-corrected chi connectivity index (χ4v) is 3.42. The van der Waals surface area contributed by atoms with Crippen molar-refractivity contribution in [3.8, 4) is 11.3 Å². The Balaban J connectivity index is 1.72. The van der Waals surface area contributed by atoms with Crippen molar-refractivity contribution >= 4 is 28.5 Å². The molecule has 154 valence electrons. The summed E-state index contributed by atoms with van der Waals surface area (Å²) in [5.41, 5.74) is 6.39. The molecule has 0 spiro atoms. The highest BCUT2D eigenvalue weighted by molar-refractivity contribution is 6.13. The number of hydrogen-bond donors (Lipinski definition) is 1. The van der Waals surface area contributed by atoms with E-state index in [9.17, 15) is 9.59 Å². The first-order chi connectivity index (χ1) is 15.0. The number of benzene rings is 3. The zero-order valence-corrected chi connectivity index (χ0v) is 17.6. The molecule has 0 saturated heterocycles. The SMILES string of the molecule is COC(=O)c1ccc(NC(=O)c2cc(-c3ccc(C)c(C)c3)nc3ccccc23)cc1. The Bertz CT molecular complexity index is 1290. The minimum atomic E-state index is -0.420. The van der Waals surface area contributed by atoms with Crippen LogP contribution in [0.1, 0.15) is 31.8 Å². The summed E-state index contributed by atoms with van der Waals surface area (Å²) >= 11 is 0. The number of aromatic nitrogens is 1. The van der Waals surface area contributed by atoms with Crippen LogP contribution >= 0.6 is 0 Å². The molecule has 1 amide bonds. The van der Waals surface area contributed by atoms with Crippen LogP contribution in [-0.2, 0) is 4.74 Å². The molecule has 4 rings (SSSR count). The molecule has 1 N–H and O–H groups in total. The quantitative estimate of drug-likeness (QED) is 0.448. The molecule has 0 aliphatic heterocycles. The molecule has 0 bridgehead atoms. The largest absolute Gasteiger partial charge is 0.465 e. The van der Waals surface area contributed by atoms with Crippen LogP contribution in [0.25, 0.3) is 22.2 Å². The van der Waals surface area contributed by atoms with E-state index in [4.69, 9.17) is 9.72 Å².